The highest BCUT2D eigenvalue weighted by Gasteiger charge is 2.35. The summed E-state index contributed by atoms with van der Waals surface area (Å²) in [6, 6.07) is 17.4. The van der Waals surface area contributed by atoms with Crippen molar-refractivity contribution in [2.45, 2.75) is 82.2 Å². The van der Waals surface area contributed by atoms with Gasteiger partial charge in [0.2, 0.25) is 0 Å². The Labute approximate surface area is 209 Å². The van der Waals surface area contributed by atoms with E-state index in [1.165, 1.54) is 5.56 Å². The van der Waals surface area contributed by atoms with Gasteiger partial charge in [0.25, 0.3) is 0 Å². The molecular weight excluding hydrogens is 467 g/mol. The lowest BCUT2D eigenvalue weighted by Crippen LogP contribution is -2.44. The summed E-state index contributed by atoms with van der Waals surface area (Å²) >= 11 is 0. The van der Waals surface area contributed by atoms with Gasteiger partial charge in [-0.2, -0.15) is 13.2 Å². The summed E-state index contributed by atoms with van der Waals surface area (Å²) in [6.45, 7) is 3.00. The second kappa shape index (κ2) is 13.3. The third-order valence-corrected chi connectivity index (χ3v) is 7.92. The van der Waals surface area contributed by atoms with Gasteiger partial charge >= 0.3 is 12.1 Å². The molecule has 3 nitrogen and oxygen atoms in total. The molecule has 1 aliphatic rings. The van der Waals surface area contributed by atoms with E-state index in [1.807, 2.05) is 6.07 Å². The molecular formula is C28H36F3NO2Si. The van der Waals surface area contributed by atoms with Crippen LogP contribution < -0.4 is 0 Å². The molecule has 0 spiro atoms. The standard InChI is InChI=1S/C28H36F3NO2Si/c1-35-18-16-25(10-6-5-9-21-7-3-2-4-8-21)32-17-15-22(20-27(33)34)19-26(32)23-11-13-24(14-12-23)28(29,30)31/h2-4,7-8,11-14,22,25-26H,5-6,9-10,15-20H2,1H3,(H,33,34)/t22-,25-,26+/m1/s1. The fraction of sp³-hybridized carbons (Fsp3) is 0.536. The van der Waals surface area contributed by atoms with Crippen molar-refractivity contribution in [3.05, 3.63) is 71.3 Å². The molecule has 2 aromatic rings. The fourth-order valence-electron chi connectivity index (χ4n) is 5.29. The van der Waals surface area contributed by atoms with Gasteiger partial charge in [0.15, 0.2) is 0 Å². The number of likely N-dealkylation sites (tertiary alicyclic amines) is 1. The molecule has 3 atom stereocenters. The zero-order valence-electron chi connectivity index (χ0n) is 20.4. The normalized spacial score (nSPS) is 20.0. The smallest absolute Gasteiger partial charge is 0.416 e. The molecule has 0 unspecified atom stereocenters. The van der Waals surface area contributed by atoms with E-state index in [-0.39, 0.29) is 18.4 Å². The lowest BCUT2D eigenvalue weighted by molar-refractivity contribution is -0.139. The van der Waals surface area contributed by atoms with E-state index in [0.717, 1.165) is 78.3 Å². The molecule has 0 amide bonds. The molecule has 7 heteroatoms. The molecule has 35 heavy (non-hydrogen) atoms. The van der Waals surface area contributed by atoms with Crippen LogP contribution in [0.15, 0.2) is 54.6 Å². The summed E-state index contributed by atoms with van der Waals surface area (Å²) in [5.41, 5.74) is 1.56. The SMILES string of the molecule is C[Si]CC[C@@H](CCCCc1ccccc1)N1CC[C@@H](CC(=O)O)C[C@H]1c1ccc(C(F)(F)F)cc1. The van der Waals surface area contributed by atoms with Crippen molar-refractivity contribution in [2.24, 2.45) is 5.92 Å². The van der Waals surface area contributed by atoms with E-state index in [4.69, 9.17) is 0 Å². The maximum absolute atomic E-state index is 13.1. The summed E-state index contributed by atoms with van der Waals surface area (Å²) in [5.74, 6) is -0.762. The van der Waals surface area contributed by atoms with Gasteiger partial charge in [-0.15, -0.1) is 0 Å². The lowest BCUT2D eigenvalue weighted by Gasteiger charge is -2.44. The summed E-state index contributed by atoms with van der Waals surface area (Å²) < 4.78 is 39.4. The third-order valence-electron chi connectivity index (χ3n) is 7.13. The highest BCUT2D eigenvalue weighted by molar-refractivity contribution is 6.33. The number of halogens is 3. The summed E-state index contributed by atoms with van der Waals surface area (Å²) in [6.07, 6.45) is 2.62. The van der Waals surface area contributed by atoms with Gasteiger partial charge in [0, 0.05) is 28.0 Å². The molecule has 190 valence electrons. The van der Waals surface area contributed by atoms with Crippen molar-refractivity contribution in [1.29, 1.82) is 0 Å². The zero-order chi connectivity index (χ0) is 25.3. The monoisotopic (exact) mass is 503 g/mol. The van der Waals surface area contributed by atoms with E-state index in [9.17, 15) is 23.1 Å². The molecule has 0 aromatic heterocycles. The van der Waals surface area contributed by atoms with Crippen LogP contribution in [0.4, 0.5) is 13.2 Å². The zero-order valence-corrected chi connectivity index (χ0v) is 21.4. The van der Waals surface area contributed by atoms with Crippen LogP contribution in [0.2, 0.25) is 12.6 Å². The van der Waals surface area contributed by atoms with Crippen LogP contribution in [-0.2, 0) is 17.4 Å². The van der Waals surface area contributed by atoms with E-state index in [0.29, 0.717) is 12.5 Å². The predicted molar refractivity (Wildman–Crippen MR) is 135 cm³/mol. The maximum atomic E-state index is 13.1. The van der Waals surface area contributed by atoms with Crippen LogP contribution in [-0.4, -0.2) is 38.1 Å². The first-order valence-electron chi connectivity index (χ1n) is 12.6. The Balaban J connectivity index is 1.74. The summed E-state index contributed by atoms with van der Waals surface area (Å²) in [5, 5.41) is 9.34. The predicted octanol–water partition coefficient (Wildman–Crippen LogP) is 7.28. The average molecular weight is 504 g/mol. The number of carboxylic acid groups (broad SMARTS) is 1. The first-order chi connectivity index (χ1) is 16.8. The molecule has 1 heterocycles. The largest absolute Gasteiger partial charge is 0.481 e. The molecule has 0 aliphatic carbocycles. The average Bonchev–Trinajstić information content (AvgIpc) is 2.83. The summed E-state index contributed by atoms with van der Waals surface area (Å²) in [7, 11) is 0.860. The minimum absolute atomic E-state index is 0.0443. The van der Waals surface area contributed by atoms with Crippen LogP contribution in [0.25, 0.3) is 0 Å². The van der Waals surface area contributed by atoms with Gasteiger partial charge in [-0.25, -0.2) is 0 Å². The van der Waals surface area contributed by atoms with Crippen LogP contribution >= 0.6 is 0 Å². The van der Waals surface area contributed by atoms with Crippen LogP contribution in [0.1, 0.15) is 67.7 Å². The Morgan fingerprint density at radius 1 is 1.09 bits per heavy atom. The number of carboxylic acids is 1. The number of alkyl halides is 3. The van der Waals surface area contributed by atoms with Gasteiger partial charge in [-0.3, -0.25) is 9.69 Å². The number of benzene rings is 2. The van der Waals surface area contributed by atoms with Crippen molar-refractivity contribution >= 4 is 15.5 Å². The second-order valence-electron chi connectivity index (χ2n) is 9.64. The van der Waals surface area contributed by atoms with Gasteiger partial charge in [-0.1, -0.05) is 61.5 Å². The van der Waals surface area contributed by atoms with E-state index < -0.39 is 17.7 Å². The van der Waals surface area contributed by atoms with E-state index in [1.54, 1.807) is 12.1 Å². The van der Waals surface area contributed by atoms with E-state index >= 15 is 0 Å². The molecule has 1 fully saturated rings. The quantitative estimate of drug-likeness (QED) is 0.244. The van der Waals surface area contributed by atoms with Crippen LogP contribution in [0.3, 0.4) is 0 Å². The Morgan fingerprint density at radius 3 is 2.43 bits per heavy atom. The number of hydrogen-bond acceptors (Lipinski definition) is 2. The molecule has 0 bridgehead atoms. The molecule has 1 N–H and O–H groups in total. The number of piperidine rings is 1. The topological polar surface area (TPSA) is 40.5 Å². The molecule has 1 aliphatic heterocycles. The fourth-order valence-corrected chi connectivity index (χ4v) is 5.91. The Bertz CT molecular complexity index is 905. The first kappa shape index (κ1) is 27.5. The number of hydrogen-bond donors (Lipinski definition) is 1. The lowest BCUT2D eigenvalue weighted by atomic mass is 9.83. The van der Waals surface area contributed by atoms with Crippen LogP contribution in [0, 0.1) is 5.92 Å². The number of nitrogens with zero attached hydrogens (tertiary/aromatic N) is 1. The van der Waals surface area contributed by atoms with Crippen molar-refractivity contribution in [3.63, 3.8) is 0 Å². The number of rotatable bonds is 12. The molecule has 3 rings (SSSR count). The molecule has 1 saturated heterocycles. The molecule has 0 saturated carbocycles. The van der Waals surface area contributed by atoms with E-state index in [2.05, 4.69) is 35.7 Å². The minimum Gasteiger partial charge on any atom is -0.481 e. The summed E-state index contributed by atoms with van der Waals surface area (Å²) in [4.78, 5) is 13.9. The van der Waals surface area contributed by atoms with Gasteiger partial charge in [-0.05, 0) is 74.2 Å². The third kappa shape index (κ3) is 8.49. The number of unbranched alkanes of at least 4 members (excludes halogenated alkanes) is 1. The number of aliphatic carboxylic acids is 1. The Morgan fingerprint density at radius 2 is 1.80 bits per heavy atom. The molecule has 2 radical (unpaired) electrons. The van der Waals surface area contributed by atoms with Crippen molar-refractivity contribution in [3.8, 4) is 0 Å². The van der Waals surface area contributed by atoms with Crippen LogP contribution in [0.5, 0.6) is 0 Å². The highest BCUT2D eigenvalue weighted by Crippen LogP contribution is 2.40. The molecule has 2 aromatic carbocycles. The van der Waals surface area contributed by atoms with Crippen molar-refractivity contribution < 1.29 is 23.1 Å². The van der Waals surface area contributed by atoms with Crippen molar-refractivity contribution in [1.82, 2.24) is 4.90 Å². The number of carbonyl (C=O) groups is 1. The number of aryl methyl sites for hydroxylation is 1. The van der Waals surface area contributed by atoms with Crippen molar-refractivity contribution in [2.75, 3.05) is 6.54 Å². The Hall–Kier alpha value is -2.12. The van der Waals surface area contributed by atoms with Gasteiger partial charge < -0.3 is 5.11 Å². The Kier molecular flexibility index (Phi) is 10.4. The maximum Gasteiger partial charge on any atom is 0.416 e. The van der Waals surface area contributed by atoms with Gasteiger partial charge in [0.05, 0.1) is 5.56 Å². The second-order valence-corrected chi connectivity index (χ2v) is 10.8. The first-order valence-corrected chi connectivity index (χ1v) is 14.3. The highest BCUT2D eigenvalue weighted by atomic mass is 28.2. The van der Waals surface area contributed by atoms with Gasteiger partial charge in [0.1, 0.15) is 0 Å². The minimum atomic E-state index is -4.36.